The van der Waals surface area contributed by atoms with Gasteiger partial charge in [-0.2, -0.15) is 0 Å². The van der Waals surface area contributed by atoms with Gasteiger partial charge in [-0.3, -0.25) is 4.90 Å². The van der Waals surface area contributed by atoms with Gasteiger partial charge in [0.25, 0.3) is 0 Å². The molecule has 2 atom stereocenters. The molecule has 1 spiro atoms. The first-order valence-corrected chi connectivity index (χ1v) is 15.5. The van der Waals surface area contributed by atoms with Crippen molar-refractivity contribution in [1.82, 2.24) is 15.2 Å². The molecule has 8 heteroatoms. The number of benzene rings is 3. The number of hydrogen-bond donors (Lipinski definition) is 3. The van der Waals surface area contributed by atoms with Gasteiger partial charge >= 0.3 is 0 Å². The summed E-state index contributed by atoms with van der Waals surface area (Å²) in [7, 11) is 0. The van der Waals surface area contributed by atoms with Gasteiger partial charge in [-0.25, -0.2) is 5.84 Å². The van der Waals surface area contributed by atoms with Gasteiger partial charge in [0.1, 0.15) is 12.4 Å². The average Bonchev–Trinajstić information content (AvgIpc) is 3.56. The topological polar surface area (TPSA) is 69.5 Å². The van der Waals surface area contributed by atoms with Gasteiger partial charge in [-0.15, -0.1) is 23.5 Å². The molecule has 4 aromatic rings. The molecule has 2 aliphatic heterocycles. The van der Waals surface area contributed by atoms with E-state index in [1.165, 1.54) is 27.1 Å². The van der Waals surface area contributed by atoms with Crippen molar-refractivity contribution >= 4 is 40.1 Å². The fourth-order valence-corrected chi connectivity index (χ4v) is 7.30. The standard InChI is InChI=1S/C30H35N5OS2/c1-37-24-12-13-26-25(18-24)28-27(38-21-35(31)22-8-4-2-5-9-22)19-32-30(29(28)33-26)14-15-34(20-30)16-17-36-23-10-6-3-7-11-23/h2-13,18,27,32-33H,14-17,19-21,31H2,1H3. The smallest absolute Gasteiger partial charge is 0.119 e. The van der Waals surface area contributed by atoms with Gasteiger partial charge in [0.15, 0.2) is 0 Å². The third-order valence-corrected chi connectivity index (χ3v) is 9.70. The summed E-state index contributed by atoms with van der Waals surface area (Å²) in [4.78, 5) is 7.69. The average molecular weight is 546 g/mol. The molecular formula is C30H35N5OS2. The third kappa shape index (κ3) is 5.16. The fourth-order valence-electron chi connectivity index (χ4n) is 5.75. The van der Waals surface area contributed by atoms with Crippen LogP contribution in [-0.2, 0) is 5.54 Å². The molecule has 2 aliphatic rings. The normalized spacial score (nSPS) is 21.2. The number of ether oxygens (including phenoxy) is 1. The van der Waals surface area contributed by atoms with Crippen LogP contribution in [0.2, 0.25) is 0 Å². The summed E-state index contributed by atoms with van der Waals surface area (Å²) in [6, 6.07) is 27.1. The molecule has 2 unspecified atom stereocenters. The number of rotatable bonds is 9. The molecule has 6 rings (SSSR count). The van der Waals surface area contributed by atoms with E-state index >= 15 is 0 Å². The summed E-state index contributed by atoms with van der Waals surface area (Å²) in [5, 5.41) is 7.50. The summed E-state index contributed by atoms with van der Waals surface area (Å²) in [6.45, 7) is 4.57. The monoisotopic (exact) mass is 545 g/mol. The van der Waals surface area contributed by atoms with E-state index in [0.717, 1.165) is 49.9 Å². The lowest BCUT2D eigenvalue weighted by molar-refractivity contribution is 0.217. The SMILES string of the molecule is CSc1ccc2[nH]c3c(c2c1)C(SCN(N)c1ccccc1)CNC31CCN(CCOc2ccccc2)C1. The van der Waals surface area contributed by atoms with Gasteiger partial charge in [-0.05, 0) is 60.7 Å². The summed E-state index contributed by atoms with van der Waals surface area (Å²) in [5.74, 6) is 8.11. The van der Waals surface area contributed by atoms with Crippen LogP contribution in [0.3, 0.4) is 0 Å². The van der Waals surface area contributed by atoms with Crippen LogP contribution in [0.5, 0.6) is 5.75 Å². The Morgan fingerprint density at radius 1 is 1.08 bits per heavy atom. The molecule has 1 saturated heterocycles. The number of hydrogen-bond acceptors (Lipinski definition) is 7. The minimum Gasteiger partial charge on any atom is -0.492 e. The van der Waals surface area contributed by atoms with E-state index in [1.807, 2.05) is 65.3 Å². The van der Waals surface area contributed by atoms with E-state index in [0.29, 0.717) is 11.9 Å². The maximum atomic E-state index is 6.45. The molecule has 0 aliphatic carbocycles. The van der Waals surface area contributed by atoms with Gasteiger partial charge in [-0.1, -0.05) is 36.4 Å². The molecular weight excluding hydrogens is 510 g/mol. The second-order valence-electron chi connectivity index (χ2n) is 10.1. The molecule has 4 N–H and O–H groups in total. The number of likely N-dealkylation sites (tertiary alicyclic amines) is 1. The lowest BCUT2D eigenvalue weighted by atomic mass is 9.86. The Labute approximate surface area is 233 Å². The Morgan fingerprint density at radius 3 is 2.66 bits per heavy atom. The van der Waals surface area contributed by atoms with Crippen molar-refractivity contribution in [3.8, 4) is 5.75 Å². The fraction of sp³-hybridized carbons (Fsp3) is 0.333. The zero-order valence-electron chi connectivity index (χ0n) is 21.7. The van der Waals surface area contributed by atoms with Crippen LogP contribution in [0, 0.1) is 0 Å². The molecule has 6 nitrogen and oxygen atoms in total. The van der Waals surface area contributed by atoms with Crippen molar-refractivity contribution < 1.29 is 4.74 Å². The number of nitrogens with one attached hydrogen (secondary N) is 2. The highest BCUT2D eigenvalue weighted by atomic mass is 32.2. The first-order valence-electron chi connectivity index (χ1n) is 13.2. The number of aromatic amines is 1. The van der Waals surface area contributed by atoms with E-state index in [4.69, 9.17) is 10.6 Å². The molecule has 0 amide bonds. The van der Waals surface area contributed by atoms with Crippen molar-refractivity contribution in [3.63, 3.8) is 0 Å². The zero-order valence-corrected chi connectivity index (χ0v) is 23.4. The number of hydrazine groups is 1. The van der Waals surface area contributed by atoms with Crippen molar-refractivity contribution in [3.05, 3.63) is 90.1 Å². The first-order chi connectivity index (χ1) is 18.6. The van der Waals surface area contributed by atoms with Crippen molar-refractivity contribution in [2.45, 2.75) is 22.1 Å². The van der Waals surface area contributed by atoms with Crippen LogP contribution in [0.25, 0.3) is 10.9 Å². The Kier molecular flexibility index (Phi) is 7.59. The van der Waals surface area contributed by atoms with Gasteiger partial charge in [0, 0.05) is 52.9 Å². The van der Waals surface area contributed by atoms with Crippen LogP contribution in [0.1, 0.15) is 22.9 Å². The summed E-state index contributed by atoms with van der Waals surface area (Å²) in [5.41, 5.74) is 4.99. The zero-order chi connectivity index (χ0) is 26.0. The Hall–Kier alpha value is -2.62. The molecule has 0 radical (unpaired) electrons. The largest absolute Gasteiger partial charge is 0.492 e. The van der Waals surface area contributed by atoms with Crippen LogP contribution in [-0.4, -0.2) is 54.8 Å². The lowest BCUT2D eigenvalue weighted by Crippen LogP contribution is -2.50. The second kappa shape index (κ2) is 11.2. The minimum absolute atomic E-state index is 0.0699. The molecule has 3 aromatic carbocycles. The number of nitrogens with zero attached hydrogens (tertiary/aromatic N) is 2. The number of anilines is 1. The summed E-state index contributed by atoms with van der Waals surface area (Å²) >= 11 is 3.71. The van der Waals surface area contributed by atoms with E-state index < -0.39 is 0 Å². The molecule has 198 valence electrons. The van der Waals surface area contributed by atoms with E-state index in [9.17, 15) is 0 Å². The lowest BCUT2D eigenvalue weighted by Gasteiger charge is -2.39. The first kappa shape index (κ1) is 25.6. The Balaban J connectivity index is 1.23. The third-order valence-electron chi connectivity index (χ3n) is 7.74. The number of fused-ring (bicyclic) bond motifs is 4. The second-order valence-corrected chi connectivity index (χ2v) is 12.1. The number of nitrogens with two attached hydrogens (primary N) is 1. The van der Waals surface area contributed by atoms with Crippen LogP contribution >= 0.6 is 23.5 Å². The molecule has 1 fully saturated rings. The Morgan fingerprint density at radius 2 is 1.87 bits per heavy atom. The van der Waals surface area contributed by atoms with Crippen LogP contribution in [0.15, 0.2) is 83.8 Å². The number of thioether (sulfide) groups is 2. The van der Waals surface area contributed by atoms with Crippen molar-refractivity contribution in [1.29, 1.82) is 0 Å². The molecule has 3 heterocycles. The highest BCUT2D eigenvalue weighted by Crippen LogP contribution is 2.47. The van der Waals surface area contributed by atoms with E-state index in [1.54, 1.807) is 11.8 Å². The number of para-hydroxylation sites is 2. The predicted octanol–water partition coefficient (Wildman–Crippen LogP) is 5.59. The van der Waals surface area contributed by atoms with E-state index in [2.05, 4.69) is 51.8 Å². The number of aromatic nitrogens is 1. The Bertz CT molecular complexity index is 1370. The molecule has 38 heavy (non-hydrogen) atoms. The molecule has 0 saturated carbocycles. The minimum atomic E-state index is -0.0699. The van der Waals surface area contributed by atoms with Crippen molar-refractivity contribution in [2.24, 2.45) is 5.84 Å². The molecule has 0 bridgehead atoms. The quantitative estimate of drug-likeness (QED) is 0.110. The predicted molar refractivity (Wildman–Crippen MR) is 161 cm³/mol. The van der Waals surface area contributed by atoms with Crippen LogP contribution in [0.4, 0.5) is 5.69 Å². The van der Waals surface area contributed by atoms with Gasteiger partial charge < -0.3 is 20.0 Å². The van der Waals surface area contributed by atoms with Crippen LogP contribution < -0.4 is 20.9 Å². The summed E-state index contributed by atoms with van der Waals surface area (Å²) in [6.07, 6.45) is 3.23. The maximum absolute atomic E-state index is 6.45. The molecule has 1 aromatic heterocycles. The highest BCUT2D eigenvalue weighted by molar-refractivity contribution is 7.99. The van der Waals surface area contributed by atoms with Crippen molar-refractivity contribution in [2.75, 3.05) is 49.9 Å². The van der Waals surface area contributed by atoms with E-state index in [-0.39, 0.29) is 5.54 Å². The summed E-state index contributed by atoms with van der Waals surface area (Å²) < 4.78 is 6.00. The number of H-pyrrole nitrogens is 1. The van der Waals surface area contributed by atoms with Gasteiger partial charge in [0.2, 0.25) is 0 Å². The highest BCUT2D eigenvalue weighted by Gasteiger charge is 2.46. The van der Waals surface area contributed by atoms with Gasteiger partial charge in [0.05, 0.1) is 17.1 Å². The maximum Gasteiger partial charge on any atom is 0.119 e.